The summed E-state index contributed by atoms with van der Waals surface area (Å²) in [7, 11) is 0. The van der Waals surface area contributed by atoms with E-state index in [1.165, 1.54) is 0 Å². The summed E-state index contributed by atoms with van der Waals surface area (Å²) < 4.78 is 32.2. The third kappa shape index (κ3) is 9.42. The molecule has 0 N–H and O–H groups in total. The molecule has 1 aliphatic rings. The van der Waals surface area contributed by atoms with Crippen molar-refractivity contribution in [3.8, 4) is 0 Å². The number of ether oxygens (including phenoxy) is 5. The first kappa shape index (κ1) is 31.3. The van der Waals surface area contributed by atoms with Crippen molar-refractivity contribution in [1.82, 2.24) is 0 Å². The maximum Gasteiger partial charge on any atom is 0.311 e. The van der Waals surface area contributed by atoms with Crippen LogP contribution in [0.2, 0.25) is 0 Å². The molecule has 5 unspecified atom stereocenters. The van der Waals surface area contributed by atoms with Gasteiger partial charge in [0.1, 0.15) is 23.7 Å². The minimum absolute atomic E-state index is 0.304. The monoisotopic (exact) mass is 578 g/mol. The maximum atomic E-state index is 13.2. The lowest BCUT2D eigenvalue weighted by Crippen LogP contribution is -2.61. The maximum absolute atomic E-state index is 13.2. The van der Waals surface area contributed by atoms with Crippen molar-refractivity contribution in [3.63, 3.8) is 0 Å². The summed E-state index contributed by atoms with van der Waals surface area (Å²) >= 11 is 1.60. The zero-order chi connectivity index (χ0) is 29.1. The van der Waals surface area contributed by atoms with E-state index in [2.05, 4.69) is 6.92 Å². The molecule has 0 aromatic heterocycles. The summed E-state index contributed by atoms with van der Waals surface area (Å²) in [5.41, 5.74) is 2.03. The lowest BCUT2D eigenvalue weighted by molar-refractivity contribution is -0.251. The van der Waals surface area contributed by atoms with Crippen LogP contribution in [0.15, 0.2) is 91.0 Å². The molecule has 1 saturated heterocycles. The molecule has 7 heteroatoms. The van der Waals surface area contributed by atoms with Gasteiger partial charge in [0.15, 0.2) is 6.10 Å². The SMILES string of the molecule is CCSC1OC(COCc2ccccc2)C(OCc2ccccc2)C(OCc2ccccc2)C1OC(=O)C(C)(C)C. The summed E-state index contributed by atoms with van der Waals surface area (Å²) in [6.45, 7) is 9.09. The Labute approximate surface area is 248 Å². The van der Waals surface area contributed by atoms with Crippen molar-refractivity contribution in [2.24, 2.45) is 5.41 Å². The predicted molar refractivity (Wildman–Crippen MR) is 162 cm³/mol. The molecule has 3 aromatic carbocycles. The van der Waals surface area contributed by atoms with Crippen LogP contribution in [0.4, 0.5) is 0 Å². The molecule has 0 saturated carbocycles. The first-order valence-electron chi connectivity index (χ1n) is 14.3. The Balaban J connectivity index is 1.62. The highest BCUT2D eigenvalue weighted by molar-refractivity contribution is 7.99. The molecule has 0 aliphatic carbocycles. The molecule has 0 amide bonds. The van der Waals surface area contributed by atoms with Gasteiger partial charge in [0, 0.05) is 0 Å². The van der Waals surface area contributed by atoms with E-state index in [0.29, 0.717) is 26.4 Å². The number of esters is 1. The zero-order valence-electron chi connectivity index (χ0n) is 24.4. The highest BCUT2D eigenvalue weighted by Gasteiger charge is 2.50. The van der Waals surface area contributed by atoms with E-state index in [0.717, 1.165) is 22.4 Å². The van der Waals surface area contributed by atoms with E-state index in [9.17, 15) is 4.79 Å². The second-order valence-electron chi connectivity index (χ2n) is 11.1. The van der Waals surface area contributed by atoms with Crippen LogP contribution < -0.4 is 0 Å². The number of rotatable bonds is 13. The van der Waals surface area contributed by atoms with E-state index >= 15 is 0 Å². The summed E-state index contributed by atoms with van der Waals surface area (Å²) in [4.78, 5) is 13.2. The van der Waals surface area contributed by atoms with Crippen LogP contribution in [-0.4, -0.2) is 48.2 Å². The molecule has 1 aliphatic heterocycles. The van der Waals surface area contributed by atoms with Gasteiger partial charge in [-0.05, 0) is 43.2 Å². The second kappa shape index (κ2) is 15.5. The van der Waals surface area contributed by atoms with Crippen LogP contribution in [0.25, 0.3) is 0 Å². The van der Waals surface area contributed by atoms with E-state index in [1.807, 2.05) is 112 Å². The van der Waals surface area contributed by atoms with Gasteiger partial charge in [-0.3, -0.25) is 4.79 Å². The number of hydrogen-bond acceptors (Lipinski definition) is 7. The summed E-state index contributed by atoms with van der Waals surface area (Å²) in [5.74, 6) is 0.481. The molecular formula is C34H42O6S. The van der Waals surface area contributed by atoms with Gasteiger partial charge in [-0.15, -0.1) is 11.8 Å². The van der Waals surface area contributed by atoms with Crippen LogP contribution in [0.3, 0.4) is 0 Å². The molecule has 0 bridgehead atoms. The van der Waals surface area contributed by atoms with Crippen LogP contribution in [0, 0.1) is 5.41 Å². The van der Waals surface area contributed by atoms with Crippen LogP contribution in [-0.2, 0) is 48.3 Å². The average Bonchev–Trinajstić information content (AvgIpc) is 2.98. The zero-order valence-corrected chi connectivity index (χ0v) is 25.3. The topological polar surface area (TPSA) is 63.2 Å². The average molecular weight is 579 g/mol. The molecule has 1 fully saturated rings. The van der Waals surface area contributed by atoms with Crippen molar-refractivity contribution >= 4 is 17.7 Å². The van der Waals surface area contributed by atoms with Crippen molar-refractivity contribution in [1.29, 1.82) is 0 Å². The van der Waals surface area contributed by atoms with Crippen molar-refractivity contribution < 1.29 is 28.5 Å². The fourth-order valence-electron chi connectivity index (χ4n) is 4.53. The molecule has 3 aromatic rings. The molecule has 1 heterocycles. The summed E-state index contributed by atoms with van der Waals surface area (Å²) in [5, 5.41) is 0. The molecule has 220 valence electrons. The Bertz CT molecular complexity index is 1170. The molecule has 4 rings (SSSR count). The molecule has 0 radical (unpaired) electrons. The standard InChI is InChI=1S/C34H42O6S/c1-5-41-32-31(40-33(35)34(2,3)4)30(38-23-27-19-13-8-14-20-27)29(37-22-26-17-11-7-12-18-26)28(39-32)24-36-21-25-15-9-6-10-16-25/h6-20,28-32H,5,21-24H2,1-4H3. The van der Waals surface area contributed by atoms with Crippen LogP contribution >= 0.6 is 11.8 Å². The van der Waals surface area contributed by atoms with Gasteiger partial charge < -0.3 is 23.7 Å². The number of benzene rings is 3. The Morgan fingerprint density at radius 1 is 0.732 bits per heavy atom. The van der Waals surface area contributed by atoms with Crippen LogP contribution in [0.5, 0.6) is 0 Å². The third-order valence-electron chi connectivity index (χ3n) is 6.74. The van der Waals surface area contributed by atoms with Gasteiger partial charge in [0.2, 0.25) is 0 Å². The van der Waals surface area contributed by atoms with Gasteiger partial charge in [-0.25, -0.2) is 0 Å². The minimum Gasteiger partial charge on any atom is -0.455 e. The van der Waals surface area contributed by atoms with Gasteiger partial charge >= 0.3 is 5.97 Å². The number of hydrogen-bond donors (Lipinski definition) is 0. The van der Waals surface area contributed by atoms with E-state index < -0.39 is 35.3 Å². The Kier molecular flexibility index (Phi) is 11.8. The molecular weight excluding hydrogens is 536 g/mol. The van der Waals surface area contributed by atoms with E-state index in [-0.39, 0.29) is 5.97 Å². The molecule has 0 spiro atoms. The summed E-state index contributed by atoms with van der Waals surface area (Å²) in [6, 6.07) is 30.1. The van der Waals surface area contributed by atoms with Gasteiger partial charge in [0.05, 0.1) is 31.8 Å². The minimum atomic E-state index is -0.679. The van der Waals surface area contributed by atoms with Crippen molar-refractivity contribution in [2.75, 3.05) is 12.4 Å². The first-order chi connectivity index (χ1) is 19.8. The molecule has 5 atom stereocenters. The Hall–Kier alpha value is -2.68. The second-order valence-corrected chi connectivity index (χ2v) is 12.5. The predicted octanol–water partition coefficient (Wildman–Crippen LogP) is 6.81. The fourth-order valence-corrected chi connectivity index (χ4v) is 5.48. The summed E-state index contributed by atoms with van der Waals surface area (Å²) in [6.07, 6.45) is -2.21. The normalized spacial score (nSPS) is 22.8. The lowest BCUT2D eigenvalue weighted by Gasteiger charge is -2.46. The fraction of sp³-hybridized carbons (Fsp3) is 0.441. The van der Waals surface area contributed by atoms with Gasteiger partial charge in [0.25, 0.3) is 0 Å². The first-order valence-corrected chi connectivity index (χ1v) is 15.3. The highest BCUT2D eigenvalue weighted by atomic mass is 32.2. The smallest absolute Gasteiger partial charge is 0.311 e. The number of thioether (sulfide) groups is 1. The largest absolute Gasteiger partial charge is 0.455 e. The number of carbonyl (C=O) groups excluding carboxylic acids is 1. The molecule has 6 nitrogen and oxygen atoms in total. The quantitative estimate of drug-likeness (QED) is 0.207. The van der Waals surface area contributed by atoms with E-state index in [1.54, 1.807) is 11.8 Å². The van der Waals surface area contributed by atoms with E-state index in [4.69, 9.17) is 23.7 Å². The molecule has 41 heavy (non-hydrogen) atoms. The highest BCUT2D eigenvalue weighted by Crippen LogP contribution is 2.36. The number of carbonyl (C=O) groups is 1. The van der Waals surface area contributed by atoms with Gasteiger partial charge in [-0.2, -0.15) is 0 Å². The van der Waals surface area contributed by atoms with Crippen LogP contribution in [0.1, 0.15) is 44.4 Å². The third-order valence-corrected chi connectivity index (χ3v) is 7.78. The van der Waals surface area contributed by atoms with Crippen molar-refractivity contribution in [2.45, 2.75) is 77.4 Å². The Morgan fingerprint density at radius 2 is 1.22 bits per heavy atom. The Morgan fingerprint density at radius 3 is 1.71 bits per heavy atom. The van der Waals surface area contributed by atoms with Gasteiger partial charge in [-0.1, -0.05) is 97.9 Å². The van der Waals surface area contributed by atoms with Crippen molar-refractivity contribution in [3.05, 3.63) is 108 Å². The lowest BCUT2D eigenvalue weighted by atomic mass is 9.95.